The Morgan fingerprint density at radius 2 is 1.23 bits per heavy atom. The van der Waals surface area contributed by atoms with Gasteiger partial charge in [0.1, 0.15) is 72.9 Å². The summed E-state index contributed by atoms with van der Waals surface area (Å²) < 4.78 is 66.3. The molecule has 24 nitrogen and oxygen atoms in total. The van der Waals surface area contributed by atoms with E-state index >= 15 is 0 Å². The van der Waals surface area contributed by atoms with Crippen LogP contribution in [0.2, 0.25) is 0 Å². The lowest BCUT2D eigenvalue weighted by Crippen LogP contribution is -2.68. The molecule has 1 amide bonds. The van der Waals surface area contributed by atoms with E-state index in [0.29, 0.717) is 25.8 Å². The summed E-state index contributed by atoms with van der Waals surface area (Å²) in [7, 11) is 0. The number of aliphatic hydroxyl groups is 7. The third kappa shape index (κ3) is 12.9. The summed E-state index contributed by atoms with van der Waals surface area (Å²) in [6.07, 6.45) is -19.7. The van der Waals surface area contributed by atoms with Crippen molar-refractivity contribution in [3.63, 3.8) is 0 Å². The summed E-state index contributed by atoms with van der Waals surface area (Å²) in [5, 5.41) is 87.4. The highest BCUT2D eigenvalue weighted by Gasteiger charge is 2.62. The fraction of sp³-hybridized carbons (Fsp3) is 0.927. The number of nitrogens with one attached hydrogen (secondary N) is 1. The maximum Gasteiger partial charge on any atom is 0.364 e. The number of rotatable bonds is 23. The molecule has 65 heavy (non-hydrogen) atoms. The molecule has 5 saturated heterocycles. The molecule has 5 rings (SSSR count). The maximum absolute atomic E-state index is 12.6. The first-order valence-corrected chi connectivity index (χ1v) is 22.3. The maximum atomic E-state index is 12.6. The van der Waals surface area contributed by atoms with Gasteiger partial charge in [0.2, 0.25) is 5.91 Å². The van der Waals surface area contributed by atoms with E-state index in [1.807, 2.05) is 0 Å². The molecule has 0 aromatic rings. The van der Waals surface area contributed by atoms with E-state index in [9.17, 15) is 55.2 Å². The number of carboxylic acid groups (broad SMARTS) is 1. The number of aliphatic hydroxyl groups excluding tert-OH is 7. The van der Waals surface area contributed by atoms with Crippen molar-refractivity contribution >= 4 is 17.7 Å². The molecule has 24 heteroatoms. The Kier molecular flexibility index (Phi) is 20.2. The Bertz CT molecular complexity index is 1520. The number of ether oxygens (including phenoxy) is 11. The van der Waals surface area contributed by atoms with Crippen molar-refractivity contribution in [2.24, 2.45) is 17.6 Å². The Morgan fingerprint density at radius 3 is 1.86 bits per heavy atom. The third-order valence-corrected chi connectivity index (χ3v) is 12.4. The zero-order valence-electron chi connectivity index (χ0n) is 37.4. The van der Waals surface area contributed by atoms with Gasteiger partial charge in [-0.3, -0.25) is 9.59 Å². The van der Waals surface area contributed by atoms with E-state index in [2.05, 4.69) is 5.32 Å². The van der Waals surface area contributed by atoms with Crippen LogP contribution < -0.4 is 11.1 Å². The molecule has 0 saturated carbocycles. The minimum atomic E-state index is -2.21. The van der Waals surface area contributed by atoms with Gasteiger partial charge in [0, 0.05) is 45.1 Å². The molecule has 20 unspecified atom stereocenters. The summed E-state index contributed by atoms with van der Waals surface area (Å²) in [6, 6.07) is -1.31. The highest BCUT2D eigenvalue weighted by molar-refractivity contribution is 5.78. The number of nitrogens with two attached hydrogens (primary N) is 1. The molecule has 5 fully saturated rings. The zero-order chi connectivity index (χ0) is 47.7. The van der Waals surface area contributed by atoms with Gasteiger partial charge in [-0.15, -0.1) is 0 Å². The predicted molar refractivity (Wildman–Crippen MR) is 216 cm³/mol. The lowest BCUT2D eigenvalue weighted by Gasteiger charge is -2.50. The van der Waals surface area contributed by atoms with E-state index in [1.165, 1.54) is 27.7 Å². The van der Waals surface area contributed by atoms with E-state index in [4.69, 9.17) is 57.8 Å². The molecule has 0 aromatic heterocycles. The molecule has 5 aliphatic heterocycles. The summed E-state index contributed by atoms with van der Waals surface area (Å²) in [4.78, 5) is 37.0. The van der Waals surface area contributed by atoms with Gasteiger partial charge in [-0.2, -0.15) is 0 Å². The molecular weight excluding hydrogens is 872 g/mol. The molecule has 5 aliphatic rings. The standard InChI is InChI=1S/C41H70N2O22/c1-18-27(49)29(51)23(15-44)58-36(18)63-33-26(43-21(4)47)38(57-20(3)28(33)50)61-31-19(2)37(59-24(16-45)30(31)52)62-32-25(17-46)60-39(35-34(32)64-41(5,65-35)40(53)54)56-14-13-55-12-8-10-22(48)9-6-7-11-42/h18-20,23-39,44-46,49-52H,6-17,42H2,1-5H3,(H,43,47)(H,53,54)/t18?,19?,20?,23?,24?,25?,26?,27?,28?,29?,30?,31?,32?,33?,34?,35?,36?,37?,38?,39?,41-/m0/s1. The zero-order valence-corrected chi connectivity index (χ0v) is 37.4. The molecular formula is C41H70N2O22. The van der Waals surface area contributed by atoms with E-state index in [0.717, 1.165) is 12.8 Å². The molecule has 0 bridgehead atoms. The van der Waals surface area contributed by atoms with Crippen molar-refractivity contribution in [3.05, 3.63) is 0 Å². The Labute approximate surface area is 376 Å². The fourth-order valence-corrected chi connectivity index (χ4v) is 8.60. The van der Waals surface area contributed by atoms with E-state index in [-0.39, 0.29) is 25.6 Å². The van der Waals surface area contributed by atoms with E-state index in [1.54, 1.807) is 6.92 Å². The Balaban J connectivity index is 1.30. The third-order valence-electron chi connectivity index (χ3n) is 12.4. The van der Waals surface area contributed by atoms with E-state index < -0.39 is 160 Å². The fourth-order valence-electron chi connectivity index (χ4n) is 8.60. The number of aliphatic carboxylic acids is 1. The van der Waals surface area contributed by atoms with Gasteiger partial charge in [0.05, 0.1) is 51.3 Å². The number of amides is 1. The molecule has 0 aromatic carbocycles. The number of carbonyl (C=O) groups is 3. The number of fused-ring (bicyclic) bond motifs is 1. The number of hydrogen-bond acceptors (Lipinski definition) is 22. The van der Waals surface area contributed by atoms with Crippen LogP contribution in [0.25, 0.3) is 0 Å². The number of Topliss-reactive ketones (excluding diaryl/α,β-unsaturated/α-hetero) is 1. The molecule has 5 heterocycles. The van der Waals surface area contributed by atoms with Crippen LogP contribution >= 0.6 is 0 Å². The first kappa shape index (κ1) is 53.8. The number of hydrogen-bond donors (Lipinski definition) is 10. The molecule has 21 atom stereocenters. The average Bonchev–Trinajstić information content (AvgIpc) is 3.65. The van der Waals surface area contributed by atoms with Crippen molar-refractivity contribution in [1.82, 2.24) is 5.32 Å². The van der Waals surface area contributed by atoms with Crippen molar-refractivity contribution in [1.29, 1.82) is 0 Å². The highest BCUT2D eigenvalue weighted by atomic mass is 16.8. The van der Waals surface area contributed by atoms with Gasteiger partial charge < -0.3 is 104 Å². The van der Waals surface area contributed by atoms with Crippen LogP contribution in [0.4, 0.5) is 0 Å². The summed E-state index contributed by atoms with van der Waals surface area (Å²) in [5.41, 5.74) is 5.48. The largest absolute Gasteiger partial charge is 0.477 e. The molecule has 376 valence electrons. The Morgan fingerprint density at radius 1 is 0.646 bits per heavy atom. The second kappa shape index (κ2) is 24.4. The molecule has 0 aliphatic carbocycles. The van der Waals surface area contributed by atoms with Crippen molar-refractivity contribution in [3.8, 4) is 0 Å². The summed E-state index contributed by atoms with van der Waals surface area (Å²) in [5.74, 6) is -6.00. The predicted octanol–water partition coefficient (Wildman–Crippen LogP) is -3.64. The second-order valence-corrected chi connectivity index (χ2v) is 17.4. The monoisotopic (exact) mass is 942 g/mol. The van der Waals surface area contributed by atoms with Crippen molar-refractivity contribution in [2.45, 2.75) is 183 Å². The SMILES string of the molecule is CC(=O)NC1C(OC2C(C)C(OC3C(CO)OC(OCCOCCCC(=O)CCCCN)C4O[C@@](C)(C(=O)O)OC34)OC(CO)C2O)OC(C)C(O)C1OC1OC(CO)C(O)C(O)C1C. The normalized spacial score (nSPS) is 43.2. The quantitative estimate of drug-likeness (QED) is 0.0442. The number of carboxylic acids is 1. The Hall–Kier alpha value is -2.15. The van der Waals surface area contributed by atoms with Crippen LogP contribution in [0.5, 0.6) is 0 Å². The van der Waals surface area contributed by atoms with Gasteiger partial charge in [0.15, 0.2) is 25.2 Å². The van der Waals surface area contributed by atoms with Crippen LogP contribution in [-0.2, 0) is 66.5 Å². The first-order valence-electron chi connectivity index (χ1n) is 22.3. The lowest BCUT2D eigenvalue weighted by molar-refractivity contribution is -0.366. The van der Waals surface area contributed by atoms with Gasteiger partial charge >= 0.3 is 5.97 Å². The molecule has 0 spiro atoms. The highest BCUT2D eigenvalue weighted by Crippen LogP contribution is 2.42. The van der Waals surface area contributed by atoms with Crippen LogP contribution in [0.3, 0.4) is 0 Å². The second-order valence-electron chi connectivity index (χ2n) is 17.4. The lowest BCUT2D eigenvalue weighted by atomic mass is 9.90. The summed E-state index contributed by atoms with van der Waals surface area (Å²) in [6.45, 7) is 5.74. The van der Waals surface area contributed by atoms with Crippen LogP contribution in [-0.4, -0.2) is 221 Å². The van der Waals surface area contributed by atoms with Gasteiger partial charge in [-0.1, -0.05) is 13.8 Å². The topological polar surface area (TPSA) is 353 Å². The van der Waals surface area contributed by atoms with Crippen LogP contribution in [0.15, 0.2) is 0 Å². The van der Waals surface area contributed by atoms with Crippen molar-refractivity contribution < 1.29 is 107 Å². The smallest absolute Gasteiger partial charge is 0.364 e. The minimum absolute atomic E-state index is 0.0434. The first-order chi connectivity index (χ1) is 30.9. The minimum Gasteiger partial charge on any atom is -0.477 e. The van der Waals surface area contributed by atoms with Crippen LogP contribution in [0, 0.1) is 11.8 Å². The average molecular weight is 943 g/mol. The number of carbonyl (C=O) groups excluding carboxylic acids is 2. The summed E-state index contributed by atoms with van der Waals surface area (Å²) >= 11 is 0. The number of ketones is 1. The van der Waals surface area contributed by atoms with Gasteiger partial charge in [-0.05, 0) is 32.7 Å². The van der Waals surface area contributed by atoms with Gasteiger partial charge in [-0.25, -0.2) is 4.79 Å². The van der Waals surface area contributed by atoms with Crippen molar-refractivity contribution in [2.75, 3.05) is 46.2 Å². The molecule has 11 N–H and O–H groups in total. The molecule has 0 radical (unpaired) electrons. The van der Waals surface area contributed by atoms with Gasteiger partial charge in [0.25, 0.3) is 5.79 Å². The van der Waals surface area contributed by atoms with Crippen LogP contribution in [0.1, 0.15) is 66.7 Å². The number of unbranched alkanes of at least 4 members (excludes halogenated alkanes) is 1.